The largest absolute Gasteiger partial charge is 0.497 e. The first-order chi connectivity index (χ1) is 14.6. The van der Waals surface area contributed by atoms with Gasteiger partial charge in [-0.25, -0.2) is 0 Å². The molecule has 0 bridgehead atoms. The summed E-state index contributed by atoms with van der Waals surface area (Å²) in [7, 11) is 1.61. The van der Waals surface area contributed by atoms with Crippen LogP contribution in [-0.4, -0.2) is 74.0 Å². The summed E-state index contributed by atoms with van der Waals surface area (Å²) in [5.74, 6) is 0.166. The van der Waals surface area contributed by atoms with Crippen LogP contribution in [0.1, 0.15) is 45.8 Å². The third-order valence-corrected chi connectivity index (χ3v) is 5.27. The molecule has 0 radical (unpaired) electrons. The SMILES string of the molecule is COc1ccc(C(C)OC(C(=O)NCCC(O)C(=O)N2CCOCC2)C(C)(C)C)cc1. The highest BCUT2D eigenvalue weighted by Gasteiger charge is 2.34. The van der Waals surface area contributed by atoms with Gasteiger partial charge in [-0.3, -0.25) is 9.59 Å². The first-order valence-electron chi connectivity index (χ1n) is 10.7. The first-order valence-corrected chi connectivity index (χ1v) is 10.7. The van der Waals surface area contributed by atoms with Crippen molar-refractivity contribution in [3.05, 3.63) is 29.8 Å². The van der Waals surface area contributed by atoms with Crippen LogP contribution in [0.4, 0.5) is 0 Å². The van der Waals surface area contributed by atoms with E-state index in [1.54, 1.807) is 12.0 Å². The third-order valence-electron chi connectivity index (χ3n) is 5.27. The van der Waals surface area contributed by atoms with Crippen molar-refractivity contribution in [2.24, 2.45) is 5.41 Å². The number of nitrogens with zero attached hydrogens (tertiary/aromatic N) is 1. The van der Waals surface area contributed by atoms with Crippen molar-refractivity contribution >= 4 is 11.8 Å². The van der Waals surface area contributed by atoms with Crippen LogP contribution in [0.15, 0.2) is 24.3 Å². The van der Waals surface area contributed by atoms with E-state index in [9.17, 15) is 14.7 Å². The molecular weight excluding hydrogens is 400 g/mol. The van der Waals surface area contributed by atoms with Crippen LogP contribution in [0.25, 0.3) is 0 Å². The Kier molecular flexibility index (Phi) is 9.28. The molecule has 31 heavy (non-hydrogen) atoms. The van der Waals surface area contributed by atoms with Crippen LogP contribution in [-0.2, 0) is 19.1 Å². The minimum Gasteiger partial charge on any atom is -0.497 e. The van der Waals surface area contributed by atoms with Gasteiger partial charge in [0.15, 0.2) is 0 Å². The van der Waals surface area contributed by atoms with Crippen molar-refractivity contribution < 1.29 is 28.9 Å². The standard InChI is InChI=1S/C23H36N2O6/c1-16(17-6-8-18(29-5)9-7-17)31-20(23(2,3)4)21(27)24-11-10-19(26)22(28)25-12-14-30-15-13-25/h6-9,16,19-20,26H,10-15H2,1-5H3,(H,24,27). The second kappa shape index (κ2) is 11.5. The van der Waals surface area contributed by atoms with Crippen molar-refractivity contribution in [2.45, 2.75) is 52.4 Å². The van der Waals surface area contributed by atoms with Crippen LogP contribution in [0.2, 0.25) is 0 Å². The van der Waals surface area contributed by atoms with Gasteiger partial charge in [-0.1, -0.05) is 32.9 Å². The fraction of sp³-hybridized carbons (Fsp3) is 0.652. The van der Waals surface area contributed by atoms with Gasteiger partial charge in [-0.05, 0) is 36.5 Å². The Balaban J connectivity index is 1.89. The number of aliphatic hydroxyl groups excluding tert-OH is 1. The molecule has 0 aromatic heterocycles. The molecule has 174 valence electrons. The van der Waals surface area contributed by atoms with Gasteiger partial charge in [0.1, 0.15) is 18.0 Å². The number of amides is 2. The minimum absolute atomic E-state index is 0.146. The van der Waals surface area contributed by atoms with Gasteiger partial charge in [-0.15, -0.1) is 0 Å². The Labute approximate surface area is 184 Å². The molecule has 1 aliphatic heterocycles. The van der Waals surface area contributed by atoms with Crippen molar-refractivity contribution in [2.75, 3.05) is 40.0 Å². The zero-order chi connectivity index (χ0) is 23.0. The summed E-state index contributed by atoms with van der Waals surface area (Å²) in [6.07, 6.45) is -2.00. The highest BCUT2D eigenvalue weighted by Crippen LogP contribution is 2.29. The van der Waals surface area contributed by atoms with Gasteiger partial charge in [0.2, 0.25) is 5.91 Å². The van der Waals surface area contributed by atoms with Gasteiger partial charge in [0.25, 0.3) is 5.91 Å². The van der Waals surface area contributed by atoms with Crippen LogP contribution in [0, 0.1) is 5.41 Å². The molecule has 0 aliphatic carbocycles. The van der Waals surface area contributed by atoms with Crippen molar-refractivity contribution in [1.29, 1.82) is 0 Å². The summed E-state index contributed by atoms with van der Waals surface area (Å²) in [5.41, 5.74) is 0.502. The molecule has 2 rings (SSSR count). The van der Waals surface area contributed by atoms with E-state index in [1.807, 2.05) is 52.0 Å². The first kappa shape index (κ1) is 25.1. The molecule has 1 aromatic carbocycles. The minimum atomic E-state index is -1.15. The lowest BCUT2D eigenvalue weighted by molar-refractivity contribution is -0.147. The predicted molar refractivity (Wildman–Crippen MR) is 117 cm³/mol. The van der Waals surface area contributed by atoms with Gasteiger partial charge in [-0.2, -0.15) is 0 Å². The number of methoxy groups -OCH3 is 1. The van der Waals surface area contributed by atoms with E-state index in [0.29, 0.717) is 26.3 Å². The van der Waals surface area contributed by atoms with Crippen LogP contribution >= 0.6 is 0 Å². The van der Waals surface area contributed by atoms with Crippen molar-refractivity contribution in [3.8, 4) is 5.75 Å². The molecule has 3 unspecified atom stereocenters. The summed E-state index contributed by atoms with van der Waals surface area (Å²) in [5, 5.41) is 13.0. The van der Waals surface area contributed by atoms with E-state index in [4.69, 9.17) is 14.2 Å². The monoisotopic (exact) mass is 436 g/mol. The second-order valence-corrected chi connectivity index (χ2v) is 8.83. The number of morpholine rings is 1. The Hall–Kier alpha value is -2.16. The number of hydrogen-bond acceptors (Lipinski definition) is 6. The molecular formula is C23H36N2O6. The highest BCUT2D eigenvalue weighted by molar-refractivity contribution is 5.82. The van der Waals surface area contributed by atoms with E-state index in [2.05, 4.69) is 5.32 Å². The fourth-order valence-electron chi connectivity index (χ4n) is 3.36. The summed E-state index contributed by atoms with van der Waals surface area (Å²) in [6, 6.07) is 7.53. The van der Waals surface area contributed by atoms with Crippen molar-refractivity contribution in [1.82, 2.24) is 10.2 Å². The lowest BCUT2D eigenvalue weighted by Crippen LogP contribution is -2.48. The number of carbonyl (C=O) groups excluding carboxylic acids is 2. The quantitative estimate of drug-likeness (QED) is 0.614. The van der Waals surface area contributed by atoms with Gasteiger partial charge in [0.05, 0.1) is 26.4 Å². The number of hydrogen-bond donors (Lipinski definition) is 2. The molecule has 2 N–H and O–H groups in total. The molecule has 0 spiro atoms. The molecule has 2 amide bonds. The highest BCUT2D eigenvalue weighted by atomic mass is 16.5. The van der Waals surface area contributed by atoms with E-state index in [0.717, 1.165) is 11.3 Å². The number of rotatable bonds is 9. The summed E-state index contributed by atoms with van der Waals surface area (Å²) in [4.78, 5) is 26.7. The van der Waals surface area contributed by atoms with E-state index in [-0.39, 0.29) is 30.9 Å². The van der Waals surface area contributed by atoms with Crippen molar-refractivity contribution in [3.63, 3.8) is 0 Å². The number of carbonyl (C=O) groups is 2. The average molecular weight is 437 g/mol. The van der Waals surface area contributed by atoms with Crippen LogP contribution in [0.3, 0.4) is 0 Å². The van der Waals surface area contributed by atoms with Crippen LogP contribution in [0.5, 0.6) is 5.75 Å². The number of nitrogens with one attached hydrogen (secondary N) is 1. The zero-order valence-electron chi connectivity index (χ0n) is 19.2. The lowest BCUT2D eigenvalue weighted by atomic mass is 9.88. The normalized spacial score (nSPS) is 17.5. The second-order valence-electron chi connectivity index (χ2n) is 8.83. The van der Waals surface area contributed by atoms with E-state index in [1.165, 1.54) is 0 Å². The maximum absolute atomic E-state index is 12.9. The molecule has 3 atom stereocenters. The summed E-state index contributed by atoms with van der Waals surface area (Å²) >= 11 is 0. The Morgan fingerprint density at radius 1 is 1.19 bits per heavy atom. The summed E-state index contributed by atoms with van der Waals surface area (Å²) in [6.45, 7) is 9.81. The smallest absolute Gasteiger partial charge is 0.251 e. The Morgan fingerprint density at radius 2 is 1.81 bits per heavy atom. The van der Waals surface area contributed by atoms with Gasteiger partial charge < -0.3 is 29.5 Å². The number of aliphatic hydroxyl groups is 1. The third kappa shape index (κ3) is 7.48. The molecule has 1 saturated heterocycles. The van der Waals surface area contributed by atoms with Crippen LogP contribution < -0.4 is 10.1 Å². The predicted octanol–water partition coefficient (Wildman–Crippen LogP) is 1.91. The summed E-state index contributed by atoms with van der Waals surface area (Å²) < 4.78 is 16.5. The molecule has 8 heteroatoms. The van der Waals surface area contributed by atoms with E-state index < -0.39 is 17.6 Å². The average Bonchev–Trinajstić information content (AvgIpc) is 2.76. The molecule has 1 heterocycles. The zero-order valence-corrected chi connectivity index (χ0v) is 19.2. The molecule has 1 aliphatic rings. The molecule has 8 nitrogen and oxygen atoms in total. The molecule has 0 saturated carbocycles. The topological polar surface area (TPSA) is 97.3 Å². The maximum Gasteiger partial charge on any atom is 0.251 e. The van der Waals surface area contributed by atoms with Gasteiger partial charge in [0, 0.05) is 19.6 Å². The van der Waals surface area contributed by atoms with Gasteiger partial charge >= 0.3 is 0 Å². The Morgan fingerprint density at radius 3 is 2.35 bits per heavy atom. The van der Waals surface area contributed by atoms with E-state index >= 15 is 0 Å². The molecule has 1 aromatic rings. The Bertz CT molecular complexity index is 710. The fourth-order valence-corrected chi connectivity index (χ4v) is 3.36. The number of ether oxygens (including phenoxy) is 3. The maximum atomic E-state index is 12.9. The lowest BCUT2D eigenvalue weighted by Gasteiger charge is -2.32. The molecule has 1 fully saturated rings. The number of benzene rings is 1.